The SMILES string of the molecule is COc1c(C(CC(C)C)OC=O)ccc2c1C(=O)OCc1cc(C)cc(C#CC3CCCC3)c1O2. The summed E-state index contributed by atoms with van der Waals surface area (Å²) in [5.74, 6) is 8.05. The second-order valence-corrected chi connectivity index (χ2v) is 9.64. The van der Waals surface area contributed by atoms with Crippen LogP contribution in [0.25, 0.3) is 0 Å². The maximum atomic E-state index is 13.2. The molecule has 2 aromatic carbocycles. The number of fused-ring (bicyclic) bond motifs is 2. The molecule has 2 aromatic rings. The van der Waals surface area contributed by atoms with E-state index in [4.69, 9.17) is 18.9 Å². The molecule has 0 saturated heterocycles. The fraction of sp³-hybridized carbons (Fsp3) is 0.448. The molecule has 0 amide bonds. The predicted octanol–water partition coefficient (Wildman–Crippen LogP) is 6.27. The molecule has 1 atom stereocenters. The summed E-state index contributed by atoms with van der Waals surface area (Å²) < 4.78 is 23.1. The molecule has 0 spiro atoms. The largest absolute Gasteiger partial charge is 0.495 e. The number of carbonyl (C=O) groups is 2. The van der Waals surface area contributed by atoms with Crippen LogP contribution in [0.4, 0.5) is 0 Å². The fourth-order valence-corrected chi connectivity index (χ4v) is 4.83. The lowest BCUT2D eigenvalue weighted by Gasteiger charge is -2.25. The van der Waals surface area contributed by atoms with Gasteiger partial charge in [-0.3, -0.25) is 4.79 Å². The molecule has 1 heterocycles. The number of carbonyl (C=O) groups excluding carboxylic acids is 2. The van der Waals surface area contributed by atoms with Crippen molar-refractivity contribution in [3.63, 3.8) is 0 Å². The average molecular weight is 477 g/mol. The number of hydrogen-bond donors (Lipinski definition) is 0. The van der Waals surface area contributed by atoms with Gasteiger partial charge < -0.3 is 18.9 Å². The Hall–Kier alpha value is -3.46. The summed E-state index contributed by atoms with van der Waals surface area (Å²) in [6.45, 7) is 6.54. The predicted molar refractivity (Wildman–Crippen MR) is 132 cm³/mol. The first-order valence-electron chi connectivity index (χ1n) is 12.2. The summed E-state index contributed by atoms with van der Waals surface area (Å²) in [6.07, 6.45) is 4.71. The first-order valence-corrected chi connectivity index (χ1v) is 12.2. The highest BCUT2D eigenvalue weighted by molar-refractivity contribution is 5.96. The van der Waals surface area contributed by atoms with Crippen LogP contribution in [-0.4, -0.2) is 19.6 Å². The summed E-state index contributed by atoms with van der Waals surface area (Å²) >= 11 is 0. The van der Waals surface area contributed by atoms with Gasteiger partial charge in [-0.2, -0.15) is 0 Å². The standard InChI is InChI=1S/C29H32O6/c1-18(2)13-25(34-17-30)23-11-12-24-26(28(23)32-4)29(31)33-16-22-15-19(3)14-21(27(22)35-24)10-9-20-7-5-6-8-20/h11-12,14-15,17-18,20,25H,5-8,13,16H2,1-4H3. The van der Waals surface area contributed by atoms with Crippen LogP contribution in [0.3, 0.4) is 0 Å². The molecule has 35 heavy (non-hydrogen) atoms. The molecule has 2 aliphatic rings. The number of ether oxygens (including phenoxy) is 4. The third kappa shape index (κ3) is 5.45. The van der Waals surface area contributed by atoms with Crippen LogP contribution in [0.15, 0.2) is 24.3 Å². The van der Waals surface area contributed by atoms with Crippen molar-refractivity contribution in [1.82, 2.24) is 0 Å². The van der Waals surface area contributed by atoms with Crippen LogP contribution in [0.5, 0.6) is 17.2 Å². The van der Waals surface area contributed by atoms with E-state index in [1.54, 1.807) is 12.1 Å². The van der Waals surface area contributed by atoms with Crippen LogP contribution in [0.2, 0.25) is 0 Å². The lowest BCUT2D eigenvalue weighted by molar-refractivity contribution is -0.134. The molecule has 0 N–H and O–H groups in total. The van der Waals surface area contributed by atoms with Gasteiger partial charge >= 0.3 is 5.97 Å². The number of hydrogen-bond acceptors (Lipinski definition) is 6. The molecule has 184 valence electrons. The van der Waals surface area contributed by atoms with Crippen molar-refractivity contribution in [1.29, 1.82) is 0 Å². The van der Waals surface area contributed by atoms with Crippen molar-refractivity contribution in [3.8, 4) is 29.1 Å². The van der Waals surface area contributed by atoms with Gasteiger partial charge in [0, 0.05) is 17.0 Å². The van der Waals surface area contributed by atoms with Gasteiger partial charge in [-0.05, 0) is 61.9 Å². The monoisotopic (exact) mass is 476 g/mol. The topological polar surface area (TPSA) is 71.1 Å². The maximum Gasteiger partial charge on any atom is 0.346 e. The van der Waals surface area contributed by atoms with Crippen LogP contribution < -0.4 is 9.47 Å². The van der Waals surface area contributed by atoms with E-state index in [9.17, 15) is 9.59 Å². The van der Waals surface area contributed by atoms with E-state index in [2.05, 4.69) is 11.8 Å². The molecule has 1 aliphatic carbocycles. The number of benzene rings is 2. The zero-order valence-electron chi connectivity index (χ0n) is 20.8. The van der Waals surface area contributed by atoms with E-state index >= 15 is 0 Å². The number of rotatable bonds is 6. The molecule has 6 heteroatoms. The molecule has 4 rings (SSSR count). The molecule has 1 aliphatic heterocycles. The Balaban J connectivity index is 1.80. The van der Waals surface area contributed by atoms with Crippen LogP contribution >= 0.6 is 0 Å². The smallest absolute Gasteiger partial charge is 0.346 e. The lowest BCUT2D eigenvalue weighted by Crippen LogP contribution is -2.16. The third-order valence-electron chi connectivity index (χ3n) is 6.46. The molecule has 1 unspecified atom stereocenters. The minimum atomic E-state index is -0.561. The molecule has 0 radical (unpaired) electrons. The molecule has 1 fully saturated rings. The normalized spacial score (nSPS) is 16.0. The summed E-state index contributed by atoms with van der Waals surface area (Å²) in [6, 6.07) is 7.45. The van der Waals surface area contributed by atoms with Crippen molar-refractivity contribution >= 4 is 12.4 Å². The van der Waals surface area contributed by atoms with E-state index < -0.39 is 12.1 Å². The van der Waals surface area contributed by atoms with E-state index in [0.29, 0.717) is 35.9 Å². The van der Waals surface area contributed by atoms with E-state index in [0.717, 1.165) is 29.5 Å². The first kappa shape index (κ1) is 24.7. The molecular weight excluding hydrogens is 444 g/mol. The zero-order valence-corrected chi connectivity index (χ0v) is 20.8. The Morgan fingerprint density at radius 2 is 1.97 bits per heavy atom. The van der Waals surface area contributed by atoms with Gasteiger partial charge in [-0.1, -0.05) is 38.5 Å². The van der Waals surface area contributed by atoms with Gasteiger partial charge in [-0.25, -0.2) is 4.79 Å². The van der Waals surface area contributed by atoms with E-state index in [-0.39, 0.29) is 23.8 Å². The minimum absolute atomic E-state index is 0.0566. The highest BCUT2D eigenvalue weighted by Crippen LogP contribution is 2.43. The van der Waals surface area contributed by atoms with Gasteiger partial charge in [0.15, 0.2) is 0 Å². The summed E-state index contributed by atoms with van der Waals surface area (Å²) in [7, 11) is 1.48. The van der Waals surface area contributed by atoms with Crippen LogP contribution in [0.1, 0.15) is 84.7 Å². The van der Waals surface area contributed by atoms with E-state index in [1.807, 2.05) is 32.9 Å². The summed E-state index contributed by atoms with van der Waals surface area (Å²) in [5, 5.41) is 0. The highest BCUT2D eigenvalue weighted by atomic mass is 16.5. The quantitative estimate of drug-likeness (QED) is 0.278. The van der Waals surface area contributed by atoms with Gasteiger partial charge in [0.2, 0.25) is 0 Å². The number of esters is 1. The van der Waals surface area contributed by atoms with Gasteiger partial charge in [0.1, 0.15) is 35.5 Å². The van der Waals surface area contributed by atoms with E-state index in [1.165, 1.54) is 20.0 Å². The second-order valence-electron chi connectivity index (χ2n) is 9.64. The Labute approximate surface area is 206 Å². The van der Waals surface area contributed by atoms with Crippen molar-refractivity contribution in [2.45, 2.75) is 65.6 Å². The number of methoxy groups -OCH3 is 1. The molecule has 0 aromatic heterocycles. The Bertz CT molecular complexity index is 1160. The number of cyclic esters (lactones) is 1. The highest BCUT2D eigenvalue weighted by Gasteiger charge is 2.31. The lowest BCUT2D eigenvalue weighted by atomic mass is 9.96. The summed E-state index contributed by atoms with van der Waals surface area (Å²) in [4.78, 5) is 24.3. The molecule has 1 saturated carbocycles. The zero-order chi connectivity index (χ0) is 24.9. The van der Waals surface area contributed by atoms with Crippen molar-refractivity contribution in [2.24, 2.45) is 11.8 Å². The molecule has 0 bridgehead atoms. The van der Waals surface area contributed by atoms with Gasteiger partial charge in [-0.15, -0.1) is 0 Å². The average Bonchev–Trinajstić information content (AvgIpc) is 3.34. The van der Waals surface area contributed by atoms with Crippen molar-refractivity contribution in [3.05, 3.63) is 52.1 Å². The Morgan fingerprint density at radius 3 is 2.66 bits per heavy atom. The third-order valence-corrected chi connectivity index (χ3v) is 6.46. The number of aryl methyl sites for hydroxylation is 1. The van der Waals surface area contributed by atoms with Crippen LogP contribution in [0, 0.1) is 30.6 Å². The van der Waals surface area contributed by atoms with Gasteiger partial charge in [0.25, 0.3) is 6.47 Å². The first-order chi connectivity index (χ1) is 16.9. The van der Waals surface area contributed by atoms with Crippen LogP contribution in [-0.2, 0) is 20.9 Å². The fourth-order valence-electron chi connectivity index (χ4n) is 4.83. The maximum absolute atomic E-state index is 13.2. The minimum Gasteiger partial charge on any atom is -0.495 e. The second kappa shape index (κ2) is 10.9. The van der Waals surface area contributed by atoms with Crippen molar-refractivity contribution < 1.29 is 28.5 Å². The molecule has 6 nitrogen and oxygen atoms in total. The molecular formula is C29H32O6. The van der Waals surface area contributed by atoms with Crippen molar-refractivity contribution in [2.75, 3.05) is 7.11 Å². The Morgan fingerprint density at radius 1 is 1.20 bits per heavy atom. The van der Waals surface area contributed by atoms with Gasteiger partial charge in [0.05, 0.1) is 12.7 Å². The Kier molecular flexibility index (Phi) is 7.65. The summed E-state index contributed by atoms with van der Waals surface area (Å²) in [5.41, 5.74) is 3.34.